The van der Waals surface area contributed by atoms with Gasteiger partial charge in [0.25, 0.3) is 17.7 Å². The largest absolute Gasteiger partial charge is 0.503 e. The van der Waals surface area contributed by atoms with Gasteiger partial charge in [-0.15, -0.1) is 0 Å². The van der Waals surface area contributed by atoms with Crippen molar-refractivity contribution in [3.8, 4) is 5.75 Å². The summed E-state index contributed by atoms with van der Waals surface area (Å²) in [7, 11) is 4.49. The number of imide groups is 1. The standard InChI is InChI=1S/C11H12ClN5O4/c1-16(2)11(21)6-7(18)8(15-17(6)3)13-5-4(12)9(19)14-10(5)20/h18H,1-3H3,(H2,13,14,15,19,20). The van der Waals surface area contributed by atoms with Crippen LogP contribution in [0.25, 0.3) is 0 Å². The number of anilines is 1. The van der Waals surface area contributed by atoms with Crippen LogP contribution >= 0.6 is 11.6 Å². The Bertz CT molecular complexity index is 691. The monoisotopic (exact) mass is 313 g/mol. The van der Waals surface area contributed by atoms with Crippen LogP contribution in [0.4, 0.5) is 5.82 Å². The first-order valence-electron chi connectivity index (χ1n) is 5.74. The quantitative estimate of drug-likeness (QED) is 0.638. The molecular weight excluding hydrogens is 302 g/mol. The Morgan fingerprint density at radius 2 is 2.00 bits per heavy atom. The van der Waals surface area contributed by atoms with E-state index in [4.69, 9.17) is 11.6 Å². The molecular formula is C11H12ClN5O4. The molecule has 0 unspecified atom stereocenters. The molecule has 0 aromatic carbocycles. The summed E-state index contributed by atoms with van der Waals surface area (Å²) in [5, 5.41) is 18.0. The summed E-state index contributed by atoms with van der Waals surface area (Å²) in [6.07, 6.45) is 0. The Kier molecular flexibility index (Phi) is 3.60. The van der Waals surface area contributed by atoms with Crippen molar-refractivity contribution in [2.45, 2.75) is 0 Å². The second-order valence-electron chi connectivity index (χ2n) is 4.47. The minimum Gasteiger partial charge on any atom is -0.503 e. The number of halogens is 1. The minimum absolute atomic E-state index is 0.0658. The molecule has 0 fully saturated rings. The highest BCUT2D eigenvalue weighted by Crippen LogP contribution is 2.29. The van der Waals surface area contributed by atoms with E-state index in [1.54, 1.807) is 0 Å². The molecule has 0 aliphatic carbocycles. The van der Waals surface area contributed by atoms with Crippen LogP contribution in [0.1, 0.15) is 10.5 Å². The molecule has 9 nitrogen and oxygen atoms in total. The first-order chi connectivity index (χ1) is 9.73. The number of carbonyl (C=O) groups excluding carboxylic acids is 3. The van der Waals surface area contributed by atoms with Gasteiger partial charge in [-0.05, 0) is 0 Å². The molecule has 2 rings (SSSR count). The van der Waals surface area contributed by atoms with E-state index in [0.29, 0.717) is 0 Å². The fourth-order valence-corrected chi connectivity index (χ4v) is 1.89. The fourth-order valence-electron chi connectivity index (χ4n) is 1.71. The number of nitrogens with one attached hydrogen (secondary N) is 2. The van der Waals surface area contributed by atoms with Crippen molar-refractivity contribution in [1.82, 2.24) is 20.0 Å². The molecule has 10 heteroatoms. The number of aromatic nitrogens is 2. The molecule has 0 atom stereocenters. The van der Waals surface area contributed by atoms with E-state index >= 15 is 0 Å². The van der Waals surface area contributed by atoms with E-state index in [1.807, 2.05) is 5.32 Å². The molecule has 0 saturated carbocycles. The van der Waals surface area contributed by atoms with Gasteiger partial charge in [0.15, 0.2) is 17.3 Å². The molecule has 1 aliphatic rings. The molecule has 2 heterocycles. The first-order valence-corrected chi connectivity index (χ1v) is 6.12. The summed E-state index contributed by atoms with van der Waals surface area (Å²) in [4.78, 5) is 35.9. The lowest BCUT2D eigenvalue weighted by molar-refractivity contribution is -0.123. The maximum absolute atomic E-state index is 11.9. The number of rotatable bonds is 3. The van der Waals surface area contributed by atoms with Crippen molar-refractivity contribution < 1.29 is 19.5 Å². The molecule has 0 saturated heterocycles. The van der Waals surface area contributed by atoms with Crippen molar-refractivity contribution in [1.29, 1.82) is 0 Å². The Labute approximate surface area is 124 Å². The predicted octanol–water partition coefficient (Wildman–Crippen LogP) is -0.654. The average molecular weight is 314 g/mol. The summed E-state index contributed by atoms with van der Waals surface area (Å²) in [6.45, 7) is 0. The zero-order valence-corrected chi connectivity index (χ0v) is 12.1. The number of nitrogens with zero attached hydrogens (tertiary/aromatic N) is 3. The van der Waals surface area contributed by atoms with E-state index in [9.17, 15) is 19.5 Å². The lowest BCUT2D eigenvalue weighted by atomic mass is 10.3. The van der Waals surface area contributed by atoms with Gasteiger partial charge in [-0.3, -0.25) is 24.4 Å². The van der Waals surface area contributed by atoms with Crippen molar-refractivity contribution in [3.05, 3.63) is 16.4 Å². The van der Waals surface area contributed by atoms with Crippen LogP contribution in [0, 0.1) is 0 Å². The average Bonchev–Trinajstić information content (AvgIpc) is 2.80. The Hall–Kier alpha value is -2.55. The van der Waals surface area contributed by atoms with Gasteiger partial charge in [0, 0.05) is 21.1 Å². The third kappa shape index (κ3) is 2.42. The van der Waals surface area contributed by atoms with E-state index < -0.39 is 23.5 Å². The van der Waals surface area contributed by atoms with Gasteiger partial charge < -0.3 is 15.3 Å². The van der Waals surface area contributed by atoms with Gasteiger partial charge in [0.2, 0.25) is 0 Å². The summed E-state index contributed by atoms with van der Waals surface area (Å²) < 4.78 is 1.16. The summed E-state index contributed by atoms with van der Waals surface area (Å²) in [5.74, 6) is -2.55. The number of aryl methyl sites for hydroxylation is 1. The van der Waals surface area contributed by atoms with Crippen LogP contribution in [0.15, 0.2) is 10.7 Å². The number of amides is 3. The second-order valence-corrected chi connectivity index (χ2v) is 4.84. The lowest BCUT2D eigenvalue weighted by Gasteiger charge is -2.09. The highest BCUT2D eigenvalue weighted by Gasteiger charge is 2.31. The maximum Gasteiger partial charge on any atom is 0.276 e. The van der Waals surface area contributed by atoms with Gasteiger partial charge in [0.1, 0.15) is 10.7 Å². The van der Waals surface area contributed by atoms with Crippen LogP contribution < -0.4 is 10.6 Å². The molecule has 3 amide bonds. The van der Waals surface area contributed by atoms with Crippen molar-refractivity contribution in [2.75, 3.05) is 19.4 Å². The highest BCUT2D eigenvalue weighted by molar-refractivity contribution is 6.48. The van der Waals surface area contributed by atoms with E-state index in [-0.39, 0.29) is 22.2 Å². The molecule has 0 spiro atoms. The van der Waals surface area contributed by atoms with Crippen LogP contribution in [0.2, 0.25) is 0 Å². The summed E-state index contributed by atoms with van der Waals surface area (Å²) in [5.41, 5.74) is -0.303. The molecule has 0 radical (unpaired) electrons. The number of aromatic hydroxyl groups is 1. The number of hydrogen-bond acceptors (Lipinski definition) is 6. The third-order valence-electron chi connectivity index (χ3n) is 2.75. The normalized spacial score (nSPS) is 14.5. The predicted molar refractivity (Wildman–Crippen MR) is 72.5 cm³/mol. The van der Waals surface area contributed by atoms with Crippen molar-refractivity contribution >= 4 is 35.1 Å². The molecule has 21 heavy (non-hydrogen) atoms. The Balaban J connectivity index is 2.40. The zero-order valence-electron chi connectivity index (χ0n) is 11.4. The molecule has 3 N–H and O–H groups in total. The topological polar surface area (TPSA) is 117 Å². The number of hydrogen-bond donors (Lipinski definition) is 3. The maximum atomic E-state index is 11.9. The van der Waals surface area contributed by atoms with Gasteiger partial charge in [-0.2, -0.15) is 5.10 Å². The van der Waals surface area contributed by atoms with Crippen LogP contribution in [-0.2, 0) is 16.6 Å². The van der Waals surface area contributed by atoms with Gasteiger partial charge in [0.05, 0.1) is 0 Å². The Morgan fingerprint density at radius 3 is 2.48 bits per heavy atom. The third-order valence-corrected chi connectivity index (χ3v) is 3.11. The van der Waals surface area contributed by atoms with Crippen LogP contribution in [-0.4, -0.2) is 51.6 Å². The van der Waals surface area contributed by atoms with Crippen molar-refractivity contribution in [2.24, 2.45) is 7.05 Å². The van der Waals surface area contributed by atoms with Crippen molar-refractivity contribution in [3.63, 3.8) is 0 Å². The SMILES string of the molecule is CN(C)C(=O)c1c(O)c(NC2=C(Cl)C(=O)NC2=O)nn1C. The minimum atomic E-state index is -0.746. The van der Waals surface area contributed by atoms with E-state index in [2.05, 4.69) is 10.4 Å². The summed E-state index contributed by atoms with van der Waals surface area (Å²) in [6, 6.07) is 0. The molecule has 0 bridgehead atoms. The molecule has 1 aromatic heterocycles. The van der Waals surface area contributed by atoms with Gasteiger partial charge >= 0.3 is 0 Å². The van der Waals surface area contributed by atoms with Gasteiger partial charge in [-0.1, -0.05) is 11.6 Å². The molecule has 1 aliphatic heterocycles. The highest BCUT2D eigenvalue weighted by atomic mass is 35.5. The Morgan fingerprint density at radius 1 is 1.38 bits per heavy atom. The lowest BCUT2D eigenvalue weighted by Crippen LogP contribution is -2.24. The molecule has 1 aromatic rings. The van der Waals surface area contributed by atoms with Gasteiger partial charge in [-0.25, -0.2) is 0 Å². The first kappa shape index (κ1) is 14.9. The second kappa shape index (κ2) is 5.09. The molecule has 112 valence electrons. The van der Waals surface area contributed by atoms with Crippen LogP contribution in [0.3, 0.4) is 0 Å². The zero-order chi connectivity index (χ0) is 15.9. The van der Waals surface area contributed by atoms with E-state index in [1.165, 1.54) is 26.0 Å². The fraction of sp³-hybridized carbons (Fsp3) is 0.273. The smallest absolute Gasteiger partial charge is 0.276 e. The van der Waals surface area contributed by atoms with Crippen LogP contribution in [0.5, 0.6) is 5.75 Å². The number of carbonyl (C=O) groups is 3. The van der Waals surface area contributed by atoms with E-state index in [0.717, 1.165) is 4.68 Å². The summed E-state index contributed by atoms with van der Waals surface area (Å²) >= 11 is 5.68.